The molecule has 0 radical (unpaired) electrons. The number of fused-ring (bicyclic) bond motifs is 1. The molecule has 0 amide bonds. The van der Waals surface area contributed by atoms with E-state index in [0.29, 0.717) is 17.7 Å². The minimum atomic E-state index is -0.109. The van der Waals surface area contributed by atoms with Gasteiger partial charge in [0, 0.05) is 47.3 Å². The molecule has 6 nitrogen and oxygen atoms in total. The van der Waals surface area contributed by atoms with Crippen molar-refractivity contribution in [2.24, 2.45) is 0 Å². The van der Waals surface area contributed by atoms with Gasteiger partial charge in [0.1, 0.15) is 12.0 Å². The Labute approximate surface area is 141 Å². The Morgan fingerprint density at radius 1 is 1.35 bits per heavy atom. The second kappa shape index (κ2) is 6.55. The molecule has 3 heterocycles. The number of methoxy groups -OCH3 is 1. The van der Waals surface area contributed by atoms with E-state index in [2.05, 4.69) is 30.9 Å². The number of ketones is 1. The van der Waals surface area contributed by atoms with Crippen LogP contribution >= 0.6 is 15.9 Å². The smallest absolute Gasteiger partial charge is 0.196 e. The van der Waals surface area contributed by atoms with Crippen LogP contribution in [-0.4, -0.2) is 39.0 Å². The quantitative estimate of drug-likeness (QED) is 0.642. The Bertz CT molecular complexity index is 862. The summed E-state index contributed by atoms with van der Waals surface area (Å²) in [6.07, 6.45) is 8.15. The van der Waals surface area contributed by atoms with E-state index >= 15 is 0 Å². The highest BCUT2D eigenvalue weighted by Gasteiger charge is 2.20. The lowest BCUT2D eigenvalue weighted by atomic mass is 10.1. The van der Waals surface area contributed by atoms with E-state index < -0.39 is 0 Å². The second-order valence-corrected chi connectivity index (χ2v) is 6.15. The molecule has 0 aliphatic heterocycles. The molecule has 118 valence electrons. The summed E-state index contributed by atoms with van der Waals surface area (Å²) in [4.78, 5) is 25.3. The minimum Gasteiger partial charge on any atom is -0.383 e. The van der Waals surface area contributed by atoms with Gasteiger partial charge in [0.2, 0.25) is 0 Å². The van der Waals surface area contributed by atoms with Crippen molar-refractivity contribution in [1.82, 2.24) is 19.5 Å². The molecule has 1 unspecified atom stereocenters. The first kappa shape index (κ1) is 15.8. The van der Waals surface area contributed by atoms with Gasteiger partial charge in [0.15, 0.2) is 5.78 Å². The van der Waals surface area contributed by atoms with Crippen LogP contribution in [0.5, 0.6) is 0 Å². The molecule has 0 fully saturated rings. The third-order valence-electron chi connectivity index (χ3n) is 3.59. The molecule has 0 bridgehead atoms. The van der Waals surface area contributed by atoms with Crippen molar-refractivity contribution in [3.63, 3.8) is 0 Å². The van der Waals surface area contributed by atoms with Gasteiger partial charge in [-0.15, -0.1) is 0 Å². The Balaban J connectivity index is 2.12. The zero-order valence-corrected chi connectivity index (χ0v) is 14.3. The maximum atomic E-state index is 12.8. The number of halogens is 1. The molecular formula is C16H15BrN4O2. The summed E-state index contributed by atoms with van der Waals surface area (Å²) in [7, 11) is 1.65. The zero-order chi connectivity index (χ0) is 16.4. The monoisotopic (exact) mass is 374 g/mol. The molecule has 0 saturated heterocycles. The number of rotatable bonds is 5. The molecular weight excluding hydrogens is 360 g/mol. The average Bonchev–Trinajstić information content (AvgIpc) is 2.94. The number of aromatic nitrogens is 4. The zero-order valence-electron chi connectivity index (χ0n) is 12.7. The highest BCUT2D eigenvalue weighted by atomic mass is 79.9. The highest BCUT2D eigenvalue weighted by Crippen LogP contribution is 2.25. The fourth-order valence-corrected chi connectivity index (χ4v) is 2.88. The van der Waals surface area contributed by atoms with Gasteiger partial charge in [-0.1, -0.05) is 0 Å². The van der Waals surface area contributed by atoms with Gasteiger partial charge in [-0.3, -0.25) is 9.78 Å². The molecule has 0 aliphatic rings. The summed E-state index contributed by atoms with van der Waals surface area (Å²) in [5, 5.41) is 0.723. The molecule has 3 aromatic rings. The van der Waals surface area contributed by atoms with Crippen LogP contribution in [0.1, 0.15) is 28.9 Å². The summed E-state index contributed by atoms with van der Waals surface area (Å²) in [5.74, 6) is -0.109. The van der Waals surface area contributed by atoms with E-state index in [-0.39, 0.29) is 11.8 Å². The van der Waals surface area contributed by atoms with Gasteiger partial charge in [-0.25, -0.2) is 9.97 Å². The summed E-state index contributed by atoms with van der Waals surface area (Å²) in [6, 6.07) is 1.81. The lowest BCUT2D eigenvalue weighted by Crippen LogP contribution is -2.10. The molecule has 3 rings (SSSR count). The van der Waals surface area contributed by atoms with Gasteiger partial charge in [0.05, 0.1) is 18.2 Å². The first-order chi connectivity index (χ1) is 11.1. The highest BCUT2D eigenvalue weighted by molar-refractivity contribution is 9.10. The third kappa shape index (κ3) is 3.02. The van der Waals surface area contributed by atoms with E-state index in [1.807, 2.05) is 17.7 Å². The largest absolute Gasteiger partial charge is 0.383 e. The van der Waals surface area contributed by atoms with Crippen molar-refractivity contribution in [3.8, 4) is 0 Å². The van der Waals surface area contributed by atoms with Crippen molar-refractivity contribution in [1.29, 1.82) is 0 Å². The standard InChI is InChI=1S/C16H15BrN4O2/c1-10(8-23-2)21-7-14(13-6-19-9-20-16(13)21)15(22)11-3-12(17)5-18-4-11/h3-7,9-10H,8H2,1-2H3. The van der Waals surface area contributed by atoms with Crippen LogP contribution in [0.2, 0.25) is 0 Å². The number of carbonyl (C=O) groups is 1. The first-order valence-electron chi connectivity index (χ1n) is 7.06. The Hall–Kier alpha value is -2.12. The molecule has 0 N–H and O–H groups in total. The normalized spacial score (nSPS) is 12.5. The third-order valence-corrected chi connectivity index (χ3v) is 4.02. The molecule has 3 aromatic heterocycles. The number of carbonyl (C=O) groups excluding carboxylic acids is 1. The van der Waals surface area contributed by atoms with Crippen LogP contribution in [0.3, 0.4) is 0 Å². The van der Waals surface area contributed by atoms with E-state index in [4.69, 9.17) is 4.74 Å². The second-order valence-electron chi connectivity index (χ2n) is 5.24. The molecule has 0 aliphatic carbocycles. The first-order valence-corrected chi connectivity index (χ1v) is 7.86. The van der Waals surface area contributed by atoms with Gasteiger partial charge in [-0.2, -0.15) is 0 Å². The maximum Gasteiger partial charge on any atom is 0.196 e. The number of hydrogen-bond acceptors (Lipinski definition) is 5. The van der Waals surface area contributed by atoms with Crippen LogP contribution in [0.25, 0.3) is 11.0 Å². The van der Waals surface area contributed by atoms with E-state index in [1.165, 1.54) is 6.33 Å². The predicted molar refractivity (Wildman–Crippen MR) is 89.5 cm³/mol. The van der Waals surface area contributed by atoms with Crippen molar-refractivity contribution in [2.45, 2.75) is 13.0 Å². The van der Waals surface area contributed by atoms with Crippen molar-refractivity contribution in [2.75, 3.05) is 13.7 Å². The van der Waals surface area contributed by atoms with Crippen LogP contribution in [0, 0.1) is 0 Å². The fraction of sp³-hybridized carbons (Fsp3) is 0.250. The Morgan fingerprint density at radius 2 is 2.17 bits per heavy atom. The average molecular weight is 375 g/mol. The SMILES string of the molecule is COCC(C)n1cc(C(=O)c2cncc(Br)c2)c2cncnc21. The number of ether oxygens (including phenoxy) is 1. The Morgan fingerprint density at radius 3 is 2.91 bits per heavy atom. The van der Waals surface area contributed by atoms with Gasteiger partial charge in [0.25, 0.3) is 0 Å². The van der Waals surface area contributed by atoms with E-state index in [0.717, 1.165) is 15.5 Å². The number of pyridine rings is 1. The predicted octanol–water partition coefficient (Wildman–Crippen LogP) is 3.03. The van der Waals surface area contributed by atoms with Gasteiger partial charge in [-0.05, 0) is 28.9 Å². The summed E-state index contributed by atoms with van der Waals surface area (Å²) >= 11 is 3.34. The molecule has 0 aromatic carbocycles. The minimum absolute atomic E-state index is 0.0552. The molecule has 23 heavy (non-hydrogen) atoms. The van der Waals surface area contributed by atoms with Gasteiger partial charge >= 0.3 is 0 Å². The lowest BCUT2D eigenvalue weighted by Gasteiger charge is -2.12. The lowest BCUT2D eigenvalue weighted by molar-refractivity contribution is 0.103. The fourth-order valence-electron chi connectivity index (χ4n) is 2.52. The Kier molecular flexibility index (Phi) is 4.49. The number of hydrogen-bond donors (Lipinski definition) is 0. The van der Waals surface area contributed by atoms with E-state index in [9.17, 15) is 4.79 Å². The van der Waals surface area contributed by atoms with Crippen molar-refractivity contribution < 1.29 is 9.53 Å². The summed E-state index contributed by atoms with van der Waals surface area (Å²) < 4.78 is 7.92. The van der Waals surface area contributed by atoms with Crippen LogP contribution in [0.4, 0.5) is 0 Å². The molecule has 7 heteroatoms. The van der Waals surface area contributed by atoms with Crippen molar-refractivity contribution >= 4 is 32.7 Å². The maximum absolute atomic E-state index is 12.8. The summed E-state index contributed by atoms with van der Waals surface area (Å²) in [6.45, 7) is 2.54. The topological polar surface area (TPSA) is 69.9 Å². The van der Waals surface area contributed by atoms with Crippen LogP contribution < -0.4 is 0 Å². The van der Waals surface area contributed by atoms with Crippen LogP contribution in [-0.2, 0) is 4.74 Å². The van der Waals surface area contributed by atoms with Crippen molar-refractivity contribution in [3.05, 3.63) is 52.8 Å². The number of nitrogens with zero attached hydrogens (tertiary/aromatic N) is 4. The molecule has 0 saturated carbocycles. The molecule has 1 atom stereocenters. The van der Waals surface area contributed by atoms with Gasteiger partial charge < -0.3 is 9.30 Å². The van der Waals surface area contributed by atoms with E-state index in [1.54, 1.807) is 31.8 Å². The van der Waals surface area contributed by atoms with Crippen LogP contribution in [0.15, 0.2) is 41.7 Å². The molecule has 0 spiro atoms. The summed E-state index contributed by atoms with van der Waals surface area (Å²) in [5.41, 5.74) is 1.79.